The molecule has 1 fully saturated rings. The van der Waals surface area contributed by atoms with Gasteiger partial charge in [0.25, 0.3) is 0 Å². The lowest BCUT2D eigenvalue weighted by Crippen LogP contribution is -2.58. The van der Waals surface area contributed by atoms with Gasteiger partial charge in [0.2, 0.25) is 7.59 Å². The van der Waals surface area contributed by atoms with Gasteiger partial charge in [0.15, 0.2) is 11.6 Å². The van der Waals surface area contributed by atoms with Crippen molar-refractivity contribution in [2.75, 3.05) is 26.2 Å². The first-order chi connectivity index (χ1) is 24.5. The van der Waals surface area contributed by atoms with Crippen molar-refractivity contribution in [3.63, 3.8) is 0 Å². The Morgan fingerprint density at radius 1 is 0.519 bits per heavy atom. The van der Waals surface area contributed by atoms with Crippen molar-refractivity contribution in [2.24, 2.45) is 0 Å². The van der Waals surface area contributed by atoms with E-state index in [1.807, 2.05) is 9.80 Å². The van der Waals surface area contributed by atoms with Crippen LogP contribution in [0.4, 0.5) is 0 Å². The number of piperazine rings is 1. The first-order valence-electron chi connectivity index (χ1n) is 15.6. The third-order valence-corrected chi connectivity index (χ3v) is 11.0. The average Bonchev–Trinajstić information content (AvgIpc) is 3.07. The summed E-state index contributed by atoms with van der Waals surface area (Å²) in [5.74, 6) is 1.32. The standard InChI is InChI=1S/C36H28Cl10N2O4/c37-21-1-5-23(6-2-21)51-25-9-11-27(29(39)17-25)31(49)19-33(35(41,42)43)47-13-15-48(16-14-47)34(36(44,45)46)20-32(50)28-12-10-26(18-30(28)40)52-24-7-3-22(38)4-8-24/h1-12,17-18,33-34H,13-16,19-20H2/t33-,34-/m0/s1. The second-order valence-corrected chi connectivity index (χ2v) is 18.3. The molecular weight excluding hydrogens is 879 g/mol. The summed E-state index contributed by atoms with van der Waals surface area (Å²) < 4.78 is 7.99. The Hall–Kier alpha value is -1.36. The lowest BCUT2D eigenvalue weighted by molar-refractivity contribution is 0.0577. The van der Waals surface area contributed by atoms with Gasteiger partial charge in [-0.05, 0) is 72.8 Å². The third-order valence-electron chi connectivity index (χ3n) is 8.32. The first kappa shape index (κ1) is 41.8. The molecule has 0 aromatic heterocycles. The quantitative estimate of drug-likeness (QED) is 0.104. The summed E-state index contributed by atoms with van der Waals surface area (Å²) in [6, 6.07) is 21.5. The molecule has 52 heavy (non-hydrogen) atoms. The molecule has 2 atom stereocenters. The number of halogens is 10. The molecule has 1 saturated heterocycles. The summed E-state index contributed by atoms with van der Waals surface area (Å²) >= 11 is 63.6. The van der Waals surface area contributed by atoms with Crippen LogP contribution in [-0.4, -0.2) is 67.2 Å². The van der Waals surface area contributed by atoms with Crippen molar-refractivity contribution in [2.45, 2.75) is 32.5 Å². The van der Waals surface area contributed by atoms with Gasteiger partial charge in [0.05, 0.1) is 22.1 Å². The fourth-order valence-corrected chi connectivity index (χ4v) is 7.78. The number of rotatable bonds is 12. The van der Waals surface area contributed by atoms with Crippen LogP contribution < -0.4 is 9.47 Å². The predicted molar refractivity (Wildman–Crippen MR) is 215 cm³/mol. The van der Waals surface area contributed by atoms with Crippen LogP contribution in [0.3, 0.4) is 0 Å². The van der Waals surface area contributed by atoms with Gasteiger partial charge in [-0.25, -0.2) is 0 Å². The Bertz CT molecular complexity index is 1740. The zero-order chi connectivity index (χ0) is 37.8. The smallest absolute Gasteiger partial charge is 0.206 e. The zero-order valence-corrected chi connectivity index (χ0v) is 34.3. The van der Waals surface area contributed by atoms with Gasteiger partial charge in [0.1, 0.15) is 23.0 Å². The van der Waals surface area contributed by atoms with Gasteiger partial charge in [-0.3, -0.25) is 19.4 Å². The number of benzene rings is 4. The molecule has 0 N–H and O–H groups in total. The molecular formula is C36H28Cl10N2O4. The number of hydrogen-bond acceptors (Lipinski definition) is 6. The number of nitrogens with zero attached hydrogens (tertiary/aromatic N) is 2. The van der Waals surface area contributed by atoms with E-state index in [4.69, 9.17) is 125 Å². The van der Waals surface area contributed by atoms with E-state index in [9.17, 15) is 9.59 Å². The monoisotopic (exact) mass is 902 g/mol. The summed E-state index contributed by atoms with van der Waals surface area (Å²) in [6.07, 6.45) is -0.285. The minimum Gasteiger partial charge on any atom is -0.457 e. The maximum Gasteiger partial charge on any atom is 0.206 e. The number of hydrogen-bond donors (Lipinski definition) is 0. The van der Waals surface area contributed by atoms with Crippen LogP contribution in [0.5, 0.6) is 23.0 Å². The first-order valence-corrected chi connectivity index (χ1v) is 19.4. The second kappa shape index (κ2) is 18.1. The molecule has 16 heteroatoms. The van der Waals surface area contributed by atoms with Crippen molar-refractivity contribution in [3.05, 3.63) is 116 Å². The van der Waals surface area contributed by atoms with Crippen molar-refractivity contribution in [1.82, 2.24) is 9.80 Å². The van der Waals surface area contributed by atoms with E-state index < -0.39 is 19.7 Å². The van der Waals surface area contributed by atoms with Crippen molar-refractivity contribution in [1.29, 1.82) is 0 Å². The minimum atomic E-state index is -1.83. The molecule has 1 heterocycles. The van der Waals surface area contributed by atoms with Gasteiger partial charge >= 0.3 is 0 Å². The average molecular weight is 907 g/mol. The molecule has 5 rings (SSSR count). The number of carbonyl (C=O) groups excluding carboxylic acids is 2. The maximum atomic E-state index is 13.5. The molecule has 1 aliphatic heterocycles. The van der Waals surface area contributed by atoms with Gasteiger partial charge in [-0.2, -0.15) is 0 Å². The highest BCUT2D eigenvalue weighted by Crippen LogP contribution is 2.40. The number of ketones is 2. The summed E-state index contributed by atoms with van der Waals surface area (Å²) in [7, 11) is 0. The molecule has 0 spiro atoms. The predicted octanol–water partition coefficient (Wildman–Crippen LogP) is 12.8. The fraction of sp³-hybridized carbons (Fsp3) is 0.278. The lowest BCUT2D eigenvalue weighted by Gasteiger charge is -2.45. The Labute approximate surface area is 351 Å². The molecule has 0 saturated carbocycles. The number of carbonyl (C=O) groups is 2. The molecule has 4 aromatic carbocycles. The van der Waals surface area contributed by atoms with E-state index in [2.05, 4.69) is 0 Å². The highest BCUT2D eigenvalue weighted by molar-refractivity contribution is 6.68. The van der Waals surface area contributed by atoms with Crippen molar-refractivity contribution >= 4 is 128 Å². The maximum absolute atomic E-state index is 13.5. The Balaban J connectivity index is 1.22. The van der Waals surface area contributed by atoms with E-state index >= 15 is 0 Å². The summed E-state index contributed by atoms with van der Waals surface area (Å²) in [5, 5.41) is 1.51. The van der Waals surface area contributed by atoms with Gasteiger partial charge in [-0.1, -0.05) is 116 Å². The van der Waals surface area contributed by atoms with Gasteiger partial charge in [-0.15, -0.1) is 0 Å². The Kier molecular flexibility index (Phi) is 14.5. The van der Waals surface area contributed by atoms with Crippen LogP contribution in [0.15, 0.2) is 84.9 Å². The summed E-state index contributed by atoms with van der Waals surface area (Å²) in [5.41, 5.74) is 0.502. The zero-order valence-electron chi connectivity index (χ0n) is 26.8. The van der Waals surface area contributed by atoms with E-state index in [-0.39, 0.29) is 45.6 Å². The van der Waals surface area contributed by atoms with E-state index in [0.29, 0.717) is 59.2 Å². The van der Waals surface area contributed by atoms with Crippen LogP contribution in [0.25, 0.3) is 0 Å². The topological polar surface area (TPSA) is 59.1 Å². The van der Waals surface area contributed by atoms with Crippen molar-refractivity contribution < 1.29 is 19.1 Å². The second-order valence-electron chi connectivity index (χ2n) is 11.8. The molecule has 0 aliphatic carbocycles. The summed E-state index contributed by atoms with van der Waals surface area (Å²) in [6.45, 7) is 1.37. The third kappa shape index (κ3) is 11.3. The molecule has 1 aliphatic rings. The van der Waals surface area contributed by atoms with Crippen LogP contribution in [0, 0.1) is 0 Å². The van der Waals surface area contributed by atoms with Crippen LogP contribution in [0.2, 0.25) is 20.1 Å². The normalized spacial score (nSPS) is 15.6. The van der Waals surface area contributed by atoms with E-state index in [1.54, 1.807) is 84.9 Å². The molecule has 0 bridgehead atoms. The molecule has 276 valence electrons. The highest BCUT2D eigenvalue weighted by atomic mass is 35.6. The molecule has 4 aromatic rings. The number of ether oxygens (including phenoxy) is 2. The van der Waals surface area contributed by atoms with Gasteiger partial charge < -0.3 is 9.47 Å². The van der Waals surface area contributed by atoms with Crippen LogP contribution >= 0.6 is 116 Å². The number of alkyl halides is 6. The molecule has 0 unspecified atom stereocenters. The van der Waals surface area contributed by atoms with Crippen LogP contribution in [-0.2, 0) is 0 Å². The SMILES string of the molecule is O=C(C[C@H](N1CCN([C@@H](CC(=O)c2ccc(Oc3ccc(Cl)cc3)cc2Cl)C(Cl)(Cl)Cl)CC1)C(Cl)(Cl)Cl)c1ccc(Oc2ccc(Cl)cc2)cc1Cl. The number of Topliss-reactive ketones (excluding diaryl/α,β-unsaturated/α-hetero) is 2. The molecule has 0 amide bonds. The Morgan fingerprint density at radius 3 is 1.12 bits per heavy atom. The molecule has 6 nitrogen and oxygen atoms in total. The van der Waals surface area contributed by atoms with E-state index in [1.165, 1.54) is 0 Å². The summed E-state index contributed by atoms with van der Waals surface area (Å²) in [4.78, 5) is 30.8. The highest BCUT2D eigenvalue weighted by Gasteiger charge is 2.44. The van der Waals surface area contributed by atoms with Crippen LogP contribution in [0.1, 0.15) is 33.6 Å². The largest absolute Gasteiger partial charge is 0.457 e. The van der Waals surface area contributed by atoms with Crippen molar-refractivity contribution in [3.8, 4) is 23.0 Å². The fourth-order valence-electron chi connectivity index (χ4n) is 5.68. The Morgan fingerprint density at radius 2 is 0.827 bits per heavy atom. The lowest BCUT2D eigenvalue weighted by atomic mass is 10.0. The van der Waals surface area contributed by atoms with Gasteiger partial charge in [0, 0.05) is 72.3 Å². The molecule has 0 radical (unpaired) electrons. The van der Waals surface area contributed by atoms with E-state index in [0.717, 1.165) is 0 Å². The minimum absolute atomic E-state index is 0.143.